The van der Waals surface area contributed by atoms with E-state index in [1.54, 1.807) is 37.3 Å². The zero-order chi connectivity index (χ0) is 22.1. The van der Waals surface area contributed by atoms with Gasteiger partial charge < -0.3 is 20.1 Å². The molecule has 160 valence electrons. The standard InChI is InChI=1S/C21H19ClFN5O3/c1-11-18(20(29)27-15-9-16(30-2)13(22)8-17(15)31-3)19(12-6-4-5-7-14(12)23)28-21(26-11)24-10-25-28/h4-10,19H,1-3H3,(H,27,29)(H,24,25,26)/t19-/m1/s1. The molecule has 4 rings (SSSR count). The number of anilines is 2. The molecule has 2 heterocycles. The zero-order valence-corrected chi connectivity index (χ0v) is 17.7. The van der Waals surface area contributed by atoms with Gasteiger partial charge in [0.1, 0.15) is 29.7 Å². The van der Waals surface area contributed by atoms with Crippen molar-refractivity contribution in [2.75, 3.05) is 24.9 Å². The number of amides is 1. The van der Waals surface area contributed by atoms with Crippen LogP contribution in [0.5, 0.6) is 11.5 Å². The molecule has 1 aliphatic heterocycles. The Kier molecular flexibility index (Phi) is 5.51. The number of allylic oxidation sites excluding steroid dienone is 1. The molecule has 1 atom stereocenters. The van der Waals surface area contributed by atoms with Crippen LogP contribution in [0.15, 0.2) is 54.0 Å². The first-order valence-electron chi connectivity index (χ1n) is 9.29. The normalized spacial score (nSPS) is 15.2. The molecule has 0 aliphatic carbocycles. The summed E-state index contributed by atoms with van der Waals surface area (Å²) in [7, 11) is 2.93. The van der Waals surface area contributed by atoms with E-state index in [0.29, 0.717) is 39.4 Å². The van der Waals surface area contributed by atoms with Gasteiger partial charge in [-0.2, -0.15) is 10.1 Å². The lowest BCUT2D eigenvalue weighted by atomic mass is 9.94. The summed E-state index contributed by atoms with van der Waals surface area (Å²) in [5.74, 6) is 0.203. The maximum atomic E-state index is 14.7. The van der Waals surface area contributed by atoms with Gasteiger partial charge in [-0.25, -0.2) is 9.07 Å². The lowest BCUT2D eigenvalue weighted by Crippen LogP contribution is -2.32. The number of hydrogen-bond donors (Lipinski definition) is 2. The number of nitrogens with zero attached hydrogens (tertiary/aromatic N) is 3. The molecule has 0 saturated heterocycles. The van der Waals surface area contributed by atoms with Crippen LogP contribution in [0, 0.1) is 5.82 Å². The molecule has 0 saturated carbocycles. The molecular formula is C21H19ClFN5O3. The number of ether oxygens (including phenoxy) is 2. The van der Waals surface area contributed by atoms with Crippen LogP contribution in [0.2, 0.25) is 5.02 Å². The van der Waals surface area contributed by atoms with Gasteiger partial charge in [0.15, 0.2) is 0 Å². The van der Waals surface area contributed by atoms with Crippen molar-refractivity contribution in [1.29, 1.82) is 0 Å². The van der Waals surface area contributed by atoms with Crippen molar-refractivity contribution < 1.29 is 18.7 Å². The molecule has 2 N–H and O–H groups in total. The number of carbonyl (C=O) groups is 1. The Morgan fingerprint density at radius 3 is 2.68 bits per heavy atom. The molecule has 1 amide bonds. The molecule has 0 fully saturated rings. The lowest BCUT2D eigenvalue weighted by molar-refractivity contribution is -0.113. The smallest absolute Gasteiger partial charge is 0.255 e. The minimum absolute atomic E-state index is 0.277. The fourth-order valence-corrected chi connectivity index (χ4v) is 3.75. The minimum atomic E-state index is -0.819. The van der Waals surface area contributed by atoms with Crippen LogP contribution in [-0.4, -0.2) is 34.9 Å². The van der Waals surface area contributed by atoms with Crippen LogP contribution in [0.25, 0.3) is 0 Å². The van der Waals surface area contributed by atoms with Crippen LogP contribution in [-0.2, 0) is 4.79 Å². The minimum Gasteiger partial charge on any atom is -0.495 e. The number of benzene rings is 2. The summed E-state index contributed by atoms with van der Waals surface area (Å²) < 4.78 is 26.8. The predicted molar refractivity (Wildman–Crippen MR) is 114 cm³/mol. The lowest BCUT2D eigenvalue weighted by Gasteiger charge is -2.29. The van der Waals surface area contributed by atoms with E-state index in [1.165, 1.54) is 31.3 Å². The summed E-state index contributed by atoms with van der Waals surface area (Å²) in [5.41, 5.74) is 1.44. The average molecular weight is 444 g/mol. The topological polar surface area (TPSA) is 90.3 Å². The van der Waals surface area contributed by atoms with E-state index in [9.17, 15) is 9.18 Å². The first-order chi connectivity index (χ1) is 14.9. The summed E-state index contributed by atoms with van der Waals surface area (Å²) in [6.07, 6.45) is 1.34. The van der Waals surface area contributed by atoms with Gasteiger partial charge >= 0.3 is 0 Å². The van der Waals surface area contributed by atoms with Crippen molar-refractivity contribution in [3.05, 3.63) is 70.4 Å². The van der Waals surface area contributed by atoms with E-state index >= 15 is 0 Å². The number of hydrogen-bond acceptors (Lipinski definition) is 6. The molecule has 31 heavy (non-hydrogen) atoms. The van der Waals surface area contributed by atoms with Crippen LogP contribution in [0.3, 0.4) is 0 Å². The molecule has 0 bridgehead atoms. The molecule has 3 aromatic rings. The second-order valence-electron chi connectivity index (χ2n) is 6.76. The maximum absolute atomic E-state index is 14.7. The van der Waals surface area contributed by atoms with Crippen LogP contribution < -0.4 is 20.1 Å². The van der Waals surface area contributed by atoms with Gasteiger partial charge in [0.05, 0.1) is 30.5 Å². The third-order valence-electron chi connectivity index (χ3n) is 4.96. The Morgan fingerprint density at radius 1 is 1.23 bits per heavy atom. The van der Waals surface area contributed by atoms with Crippen molar-refractivity contribution in [3.63, 3.8) is 0 Å². The first kappa shape index (κ1) is 20.7. The van der Waals surface area contributed by atoms with E-state index in [-0.39, 0.29) is 5.57 Å². The molecule has 1 aromatic heterocycles. The van der Waals surface area contributed by atoms with E-state index in [0.717, 1.165) is 0 Å². The van der Waals surface area contributed by atoms with E-state index < -0.39 is 17.8 Å². The molecule has 0 spiro atoms. The second kappa shape index (κ2) is 8.27. The van der Waals surface area contributed by atoms with Gasteiger partial charge in [-0.15, -0.1) is 0 Å². The summed E-state index contributed by atoms with van der Waals surface area (Å²) >= 11 is 6.16. The Morgan fingerprint density at radius 2 is 1.97 bits per heavy atom. The Balaban J connectivity index is 1.79. The third-order valence-corrected chi connectivity index (χ3v) is 5.26. The van der Waals surface area contributed by atoms with Crippen LogP contribution in [0.1, 0.15) is 18.5 Å². The monoisotopic (exact) mass is 443 g/mol. The number of halogens is 2. The molecule has 10 heteroatoms. The zero-order valence-electron chi connectivity index (χ0n) is 16.9. The molecular weight excluding hydrogens is 425 g/mol. The van der Waals surface area contributed by atoms with Crippen molar-refractivity contribution in [3.8, 4) is 11.5 Å². The summed E-state index contributed by atoms with van der Waals surface area (Å²) in [6, 6.07) is 8.53. The number of carbonyl (C=O) groups excluding carboxylic acids is 1. The van der Waals surface area contributed by atoms with Crippen molar-refractivity contribution >= 4 is 29.1 Å². The SMILES string of the molecule is COc1cc(NC(=O)C2=C(C)Nc3ncnn3[C@@H]2c2ccccc2F)c(OC)cc1Cl. The number of methoxy groups -OCH3 is 2. The fraction of sp³-hybridized carbons (Fsp3) is 0.190. The first-order valence-corrected chi connectivity index (χ1v) is 9.67. The van der Waals surface area contributed by atoms with E-state index in [1.807, 2.05) is 0 Å². The van der Waals surface area contributed by atoms with Crippen molar-refractivity contribution in [1.82, 2.24) is 14.8 Å². The third kappa shape index (κ3) is 3.68. The molecule has 2 aromatic carbocycles. The van der Waals surface area contributed by atoms with Gasteiger partial charge in [0.2, 0.25) is 5.95 Å². The van der Waals surface area contributed by atoms with E-state index in [2.05, 4.69) is 20.7 Å². The summed E-state index contributed by atoms with van der Waals surface area (Å²) in [6.45, 7) is 1.72. The van der Waals surface area contributed by atoms with Gasteiger partial charge in [-0.1, -0.05) is 29.8 Å². The second-order valence-corrected chi connectivity index (χ2v) is 7.16. The van der Waals surface area contributed by atoms with Crippen LogP contribution >= 0.6 is 11.6 Å². The highest BCUT2D eigenvalue weighted by Gasteiger charge is 2.35. The number of rotatable bonds is 5. The molecule has 8 nitrogen and oxygen atoms in total. The quantitative estimate of drug-likeness (QED) is 0.619. The Hall–Kier alpha value is -3.59. The van der Waals surface area contributed by atoms with Gasteiger partial charge in [0, 0.05) is 23.4 Å². The largest absolute Gasteiger partial charge is 0.495 e. The number of fused-ring (bicyclic) bond motifs is 1. The van der Waals surface area contributed by atoms with Gasteiger partial charge in [0.25, 0.3) is 5.91 Å². The highest BCUT2D eigenvalue weighted by molar-refractivity contribution is 6.32. The molecule has 0 radical (unpaired) electrons. The van der Waals surface area contributed by atoms with Gasteiger partial charge in [-0.3, -0.25) is 4.79 Å². The average Bonchev–Trinajstić information content (AvgIpc) is 3.22. The highest BCUT2D eigenvalue weighted by atomic mass is 35.5. The molecule has 1 aliphatic rings. The van der Waals surface area contributed by atoms with Crippen molar-refractivity contribution in [2.45, 2.75) is 13.0 Å². The predicted octanol–water partition coefficient (Wildman–Crippen LogP) is 4.02. The van der Waals surface area contributed by atoms with Crippen LogP contribution in [0.4, 0.5) is 16.0 Å². The Bertz CT molecular complexity index is 1190. The van der Waals surface area contributed by atoms with Gasteiger partial charge in [-0.05, 0) is 13.0 Å². The Labute approximate surface area is 182 Å². The highest BCUT2D eigenvalue weighted by Crippen LogP contribution is 2.39. The molecule has 0 unspecified atom stereocenters. The van der Waals surface area contributed by atoms with Crippen molar-refractivity contribution in [2.24, 2.45) is 0 Å². The maximum Gasteiger partial charge on any atom is 0.255 e. The fourth-order valence-electron chi connectivity index (χ4n) is 3.52. The number of nitrogens with one attached hydrogen (secondary N) is 2. The summed E-state index contributed by atoms with van der Waals surface area (Å²) in [5, 5.41) is 10.4. The summed E-state index contributed by atoms with van der Waals surface area (Å²) in [4.78, 5) is 17.6. The van der Waals surface area contributed by atoms with E-state index in [4.69, 9.17) is 21.1 Å². The number of aromatic nitrogens is 3.